The Labute approximate surface area is 110 Å². The second-order valence-electron chi connectivity index (χ2n) is 6.60. The summed E-state index contributed by atoms with van der Waals surface area (Å²) in [7, 11) is 0. The minimum Gasteiger partial charge on any atom is -0.311 e. The van der Waals surface area contributed by atoms with E-state index in [9.17, 15) is 4.39 Å². The van der Waals surface area contributed by atoms with Crippen LogP contribution in [0.1, 0.15) is 52.0 Å². The highest BCUT2D eigenvalue weighted by molar-refractivity contribution is 5.28. The van der Waals surface area contributed by atoms with Crippen molar-refractivity contribution in [1.29, 1.82) is 0 Å². The van der Waals surface area contributed by atoms with Crippen LogP contribution in [0.2, 0.25) is 0 Å². The van der Waals surface area contributed by atoms with Gasteiger partial charge in [-0.15, -0.1) is 0 Å². The molecule has 0 aromatic heterocycles. The fourth-order valence-corrected chi connectivity index (χ4v) is 2.87. The molecule has 1 aromatic carbocycles. The molecule has 1 saturated carbocycles. The molecule has 18 heavy (non-hydrogen) atoms. The maximum absolute atomic E-state index is 13.4. The fourth-order valence-electron chi connectivity index (χ4n) is 2.87. The first-order valence-electron chi connectivity index (χ1n) is 6.92. The standard InChI is InChI=1S/C16H24FN/c1-15(2,3)18-12-16(9-4-5-10-16)13-7-6-8-14(17)11-13/h6-8,11,18H,4-5,9-10,12H2,1-3H3. The average Bonchev–Trinajstić information content (AvgIpc) is 2.75. The van der Waals surface area contributed by atoms with E-state index in [1.54, 1.807) is 6.07 Å². The predicted octanol–water partition coefficient (Wildman–Crippen LogP) is 4.03. The van der Waals surface area contributed by atoms with E-state index in [2.05, 4.69) is 32.2 Å². The van der Waals surface area contributed by atoms with Gasteiger partial charge in [0.15, 0.2) is 0 Å². The van der Waals surface area contributed by atoms with Crippen molar-refractivity contribution in [3.8, 4) is 0 Å². The number of halogens is 1. The summed E-state index contributed by atoms with van der Waals surface area (Å²) in [6.07, 6.45) is 4.84. The van der Waals surface area contributed by atoms with Crippen LogP contribution in [0.4, 0.5) is 4.39 Å². The molecule has 0 spiro atoms. The van der Waals surface area contributed by atoms with Crippen molar-refractivity contribution in [2.75, 3.05) is 6.54 Å². The third kappa shape index (κ3) is 3.11. The summed E-state index contributed by atoms with van der Waals surface area (Å²) in [4.78, 5) is 0. The summed E-state index contributed by atoms with van der Waals surface area (Å²) in [5.41, 5.74) is 1.41. The van der Waals surface area contributed by atoms with Crippen LogP contribution < -0.4 is 5.32 Å². The van der Waals surface area contributed by atoms with E-state index >= 15 is 0 Å². The predicted molar refractivity (Wildman–Crippen MR) is 74.3 cm³/mol. The summed E-state index contributed by atoms with van der Waals surface area (Å²) < 4.78 is 13.4. The molecule has 2 heteroatoms. The molecule has 1 aliphatic carbocycles. The van der Waals surface area contributed by atoms with Crippen LogP contribution in [0.3, 0.4) is 0 Å². The van der Waals surface area contributed by atoms with E-state index < -0.39 is 0 Å². The van der Waals surface area contributed by atoms with Crippen molar-refractivity contribution in [2.45, 2.75) is 57.4 Å². The summed E-state index contributed by atoms with van der Waals surface area (Å²) in [5.74, 6) is -0.116. The van der Waals surface area contributed by atoms with Gasteiger partial charge in [0.2, 0.25) is 0 Å². The number of hydrogen-bond donors (Lipinski definition) is 1. The molecule has 0 bridgehead atoms. The lowest BCUT2D eigenvalue weighted by molar-refractivity contribution is 0.332. The van der Waals surface area contributed by atoms with E-state index in [0.717, 1.165) is 12.1 Å². The fraction of sp³-hybridized carbons (Fsp3) is 0.625. The molecule has 0 aliphatic heterocycles. The second-order valence-corrected chi connectivity index (χ2v) is 6.60. The Morgan fingerprint density at radius 2 is 1.89 bits per heavy atom. The quantitative estimate of drug-likeness (QED) is 0.853. The van der Waals surface area contributed by atoms with E-state index in [-0.39, 0.29) is 16.8 Å². The van der Waals surface area contributed by atoms with Crippen LogP contribution in [0, 0.1) is 5.82 Å². The van der Waals surface area contributed by atoms with Crippen molar-refractivity contribution in [2.24, 2.45) is 0 Å². The molecule has 0 unspecified atom stereocenters. The Morgan fingerprint density at radius 1 is 1.22 bits per heavy atom. The van der Waals surface area contributed by atoms with Gasteiger partial charge in [0.1, 0.15) is 5.82 Å². The minimum atomic E-state index is -0.116. The summed E-state index contributed by atoms with van der Waals surface area (Å²) >= 11 is 0. The van der Waals surface area contributed by atoms with Crippen molar-refractivity contribution in [3.05, 3.63) is 35.6 Å². The third-order valence-corrected chi connectivity index (χ3v) is 3.95. The van der Waals surface area contributed by atoms with Gasteiger partial charge in [-0.2, -0.15) is 0 Å². The lowest BCUT2D eigenvalue weighted by atomic mass is 9.78. The van der Waals surface area contributed by atoms with Gasteiger partial charge in [-0.3, -0.25) is 0 Å². The lowest BCUT2D eigenvalue weighted by Gasteiger charge is -2.34. The SMILES string of the molecule is CC(C)(C)NCC1(c2cccc(F)c2)CCCC1. The Hall–Kier alpha value is -0.890. The van der Waals surface area contributed by atoms with Crippen LogP contribution in [-0.4, -0.2) is 12.1 Å². The zero-order valence-corrected chi connectivity index (χ0v) is 11.7. The molecular weight excluding hydrogens is 225 g/mol. The van der Waals surface area contributed by atoms with E-state index in [1.165, 1.54) is 31.7 Å². The van der Waals surface area contributed by atoms with Crippen molar-refractivity contribution in [1.82, 2.24) is 5.32 Å². The van der Waals surface area contributed by atoms with Crippen molar-refractivity contribution >= 4 is 0 Å². The molecule has 1 nitrogen and oxygen atoms in total. The molecule has 1 aromatic rings. The summed E-state index contributed by atoms with van der Waals surface area (Å²) in [5, 5.41) is 3.60. The normalized spacial score (nSPS) is 19.1. The maximum Gasteiger partial charge on any atom is 0.123 e. The third-order valence-electron chi connectivity index (χ3n) is 3.95. The van der Waals surface area contributed by atoms with Gasteiger partial charge in [-0.05, 0) is 51.3 Å². The van der Waals surface area contributed by atoms with Gasteiger partial charge in [0.25, 0.3) is 0 Å². The van der Waals surface area contributed by atoms with Crippen LogP contribution in [0.25, 0.3) is 0 Å². The zero-order chi connectivity index (χ0) is 13.2. The Balaban J connectivity index is 2.21. The highest BCUT2D eigenvalue weighted by Gasteiger charge is 2.36. The molecule has 1 aliphatic rings. The van der Waals surface area contributed by atoms with E-state index in [1.807, 2.05) is 6.07 Å². The molecule has 0 atom stereocenters. The first-order chi connectivity index (χ1) is 8.41. The molecule has 2 rings (SSSR count). The Kier molecular flexibility index (Phi) is 3.76. The van der Waals surface area contributed by atoms with Crippen molar-refractivity contribution in [3.63, 3.8) is 0 Å². The van der Waals surface area contributed by atoms with E-state index in [0.29, 0.717) is 0 Å². The Bertz CT molecular complexity index is 400. The average molecular weight is 249 g/mol. The van der Waals surface area contributed by atoms with Gasteiger partial charge in [0, 0.05) is 17.5 Å². The van der Waals surface area contributed by atoms with Gasteiger partial charge >= 0.3 is 0 Å². The highest BCUT2D eigenvalue weighted by atomic mass is 19.1. The monoisotopic (exact) mass is 249 g/mol. The molecular formula is C16H24FN. The largest absolute Gasteiger partial charge is 0.311 e. The zero-order valence-electron chi connectivity index (χ0n) is 11.7. The molecule has 0 amide bonds. The van der Waals surface area contributed by atoms with Crippen LogP contribution in [0.5, 0.6) is 0 Å². The van der Waals surface area contributed by atoms with Gasteiger partial charge in [-0.1, -0.05) is 25.0 Å². The lowest BCUT2D eigenvalue weighted by Crippen LogP contribution is -2.45. The topological polar surface area (TPSA) is 12.0 Å². The first-order valence-corrected chi connectivity index (χ1v) is 6.92. The maximum atomic E-state index is 13.4. The van der Waals surface area contributed by atoms with Crippen molar-refractivity contribution < 1.29 is 4.39 Å². The molecule has 0 radical (unpaired) electrons. The summed E-state index contributed by atoms with van der Waals surface area (Å²) in [6, 6.07) is 7.17. The number of rotatable bonds is 3. The second kappa shape index (κ2) is 5.00. The minimum absolute atomic E-state index is 0.114. The summed E-state index contributed by atoms with van der Waals surface area (Å²) in [6.45, 7) is 7.49. The molecule has 100 valence electrons. The van der Waals surface area contributed by atoms with Gasteiger partial charge < -0.3 is 5.32 Å². The highest BCUT2D eigenvalue weighted by Crippen LogP contribution is 2.41. The number of nitrogens with one attached hydrogen (secondary N) is 1. The smallest absolute Gasteiger partial charge is 0.123 e. The van der Waals surface area contributed by atoms with Crippen LogP contribution in [0.15, 0.2) is 24.3 Å². The van der Waals surface area contributed by atoms with Crippen LogP contribution >= 0.6 is 0 Å². The Morgan fingerprint density at radius 3 is 2.44 bits per heavy atom. The molecule has 1 fully saturated rings. The van der Waals surface area contributed by atoms with Gasteiger partial charge in [-0.25, -0.2) is 4.39 Å². The molecule has 0 saturated heterocycles. The molecule has 0 heterocycles. The first kappa shape index (κ1) is 13.5. The number of benzene rings is 1. The molecule has 1 N–H and O–H groups in total. The van der Waals surface area contributed by atoms with E-state index in [4.69, 9.17) is 0 Å². The number of hydrogen-bond acceptors (Lipinski definition) is 1. The van der Waals surface area contributed by atoms with Gasteiger partial charge in [0.05, 0.1) is 0 Å². The van der Waals surface area contributed by atoms with Crippen LogP contribution in [-0.2, 0) is 5.41 Å².